The summed E-state index contributed by atoms with van der Waals surface area (Å²) in [7, 11) is 0. The van der Waals surface area contributed by atoms with Crippen molar-refractivity contribution >= 4 is 0 Å². The Balaban J connectivity index is 4.00. The average molecular weight is 382 g/mol. The molecule has 0 heterocycles. The summed E-state index contributed by atoms with van der Waals surface area (Å²) in [5, 5.41) is 0. The highest BCUT2D eigenvalue weighted by atomic mass is 14.7. The first-order valence-electron chi connectivity index (χ1n) is 13.0. The third-order valence-electron chi connectivity index (χ3n) is 6.33. The van der Waals surface area contributed by atoms with E-state index in [-0.39, 0.29) is 5.54 Å². The molecule has 27 heavy (non-hydrogen) atoms. The molecule has 0 amide bonds. The highest BCUT2D eigenvalue weighted by Gasteiger charge is 2.23. The van der Waals surface area contributed by atoms with Gasteiger partial charge in [-0.3, -0.25) is 0 Å². The van der Waals surface area contributed by atoms with E-state index in [9.17, 15) is 0 Å². The molecule has 0 aliphatic carbocycles. The molecule has 1 heteroatoms. The predicted molar refractivity (Wildman–Crippen MR) is 126 cm³/mol. The molecule has 0 bridgehead atoms. The molecule has 0 saturated heterocycles. The van der Waals surface area contributed by atoms with Crippen molar-refractivity contribution in [3.05, 3.63) is 0 Å². The highest BCUT2D eigenvalue weighted by molar-refractivity contribution is 4.84. The fourth-order valence-corrected chi connectivity index (χ4v) is 4.32. The van der Waals surface area contributed by atoms with Crippen LogP contribution in [0.15, 0.2) is 0 Å². The number of rotatable bonds is 22. The Morgan fingerprint density at radius 2 is 0.593 bits per heavy atom. The van der Waals surface area contributed by atoms with E-state index in [4.69, 9.17) is 5.73 Å². The summed E-state index contributed by atoms with van der Waals surface area (Å²) >= 11 is 0. The first-order chi connectivity index (χ1) is 13.2. The van der Waals surface area contributed by atoms with Crippen LogP contribution >= 0.6 is 0 Å². The first kappa shape index (κ1) is 27.0. The number of hydrogen-bond donors (Lipinski definition) is 1. The molecule has 0 aromatic heterocycles. The zero-order valence-electron chi connectivity index (χ0n) is 19.6. The molecule has 0 spiro atoms. The molecule has 0 atom stereocenters. The standard InChI is InChI=1S/C26H55N/c1-4-7-10-13-15-18-21-24-26(27,23-20-17-12-9-6-3)25-22-19-16-14-11-8-5-2/h4-25,27H2,1-3H3. The molecule has 0 unspecified atom stereocenters. The van der Waals surface area contributed by atoms with Gasteiger partial charge in [0.2, 0.25) is 0 Å². The van der Waals surface area contributed by atoms with Crippen molar-refractivity contribution in [2.45, 2.75) is 168 Å². The van der Waals surface area contributed by atoms with Crippen LogP contribution in [0.4, 0.5) is 0 Å². The van der Waals surface area contributed by atoms with Gasteiger partial charge in [-0.2, -0.15) is 0 Å². The van der Waals surface area contributed by atoms with Gasteiger partial charge in [0.25, 0.3) is 0 Å². The Hall–Kier alpha value is -0.0400. The van der Waals surface area contributed by atoms with Crippen molar-refractivity contribution in [2.75, 3.05) is 0 Å². The van der Waals surface area contributed by atoms with Crippen LogP contribution in [0, 0.1) is 0 Å². The van der Waals surface area contributed by atoms with Gasteiger partial charge in [0, 0.05) is 5.54 Å². The number of hydrogen-bond acceptors (Lipinski definition) is 1. The van der Waals surface area contributed by atoms with E-state index >= 15 is 0 Å². The minimum atomic E-state index is 0.138. The molecule has 0 fully saturated rings. The maximum absolute atomic E-state index is 6.94. The van der Waals surface area contributed by atoms with Gasteiger partial charge in [-0.25, -0.2) is 0 Å². The lowest BCUT2D eigenvalue weighted by molar-refractivity contribution is 0.302. The molecule has 0 aliphatic rings. The van der Waals surface area contributed by atoms with Gasteiger partial charge in [0.05, 0.1) is 0 Å². The lowest BCUT2D eigenvalue weighted by atomic mass is 9.82. The predicted octanol–water partition coefficient (Wildman–Crippen LogP) is 9.33. The van der Waals surface area contributed by atoms with E-state index in [1.807, 2.05) is 0 Å². The number of nitrogens with two attached hydrogens (primary N) is 1. The second kappa shape index (κ2) is 20.7. The second-order valence-corrected chi connectivity index (χ2v) is 9.27. The summed E-state index contributed by atoms with van der Waals surface area (Å²) in [4.78, 5) is 0. The zero-order chi connectivity index (χ0) is 20.1. The van der Waals surface area contributed by atoms with Crippen molar-refractivity contribution in [1.29, 1.82) is 0 Å². The van der Waals surface area contributed by atoms with Crippen molar-refractivity contribution in [3.63, 3.8) is 0 Å². The van der Waals surface area contributed by atoms with Crippen LogP contribution in [0.3, 0.4) is 0 Å². The van der Waals surface area contributed by atoms with Crippen molar-refractivity contribution in [2.24, 2.45) is 5.73 Å². The van der Waals surface area contributed by atoms with E-state index in [0.717, 1.165) is 0 Å². The van der Waals surface area contributed by atoms with Gasteiger partial charge < -0.3 is 5.73 Å². The SMILES string of the molecule is CCCCCCCCCC(N)(CCCCCCC)CCCCCCCCC. The highest BCUT2D eigenvalue weighted by Crippen LogP contribution is 2.27. The third kappa shape index (κ3) is 19.1. The molecule has 0 aromatic rings. The molecule has 0 rings (SSSR count). The van der Waals surface area contributed by atoms with E-state index in [1.54, 1.807) is 0 Å². The Morgan fingerprint density at radius 3 is 0.852 bits per heavy atom. The summed E-state index contributed by atoms with van der Waals surface area (Å²) in [6.07, 6.45) is 30.3. The van der Waals surface area contributed by atoms with E-state index in [1.165, 1.54) is 141 Å². The fourth-order valence-electron chi connectivity index (χ4n) is 4.32. The summed E-state index contributed by atoms with van der Waals surface area (Å²) < 4.78 is 0. The minimum absolute atomic E-state index is 0.138. The Labute approximate surface area is 173 Å². The van der Waals surface area contributed by atoms with Crippen molar-refractivity contribution in [3.8, 4) is 0 Å². The van der Waals surface area contributed by atoms with E-state index in [2.05, 4.69) is 20.8 Å². The third-order valence-corrected chi connectivity index (χ3v) is 6.33. The molecule has 0 saturated carbocycles. The zero-order valence-corrected chi connectivity index (χ0v) is 19.6. The maximum Gasteiger partial charge on any atom is 0.0154 e. The van der Waals surface area contributed by atoms with Crippen LogP contribution in [0.2, 0.25) is 0 Å². The maximum atomic E-state index is 6.94. The number of unbranched alkanes of at least 4 members (excludes halogenated alkanes) is 16. The molecular weight excluding hydrogens is 326 g/mol. The van der Waals surface area contributed by atoms with Crippen LogP contribution < -0.4 is 5.73 Å². The van der Waals surface area contributed by atoms with Gasteiger partial charge in [0.1, 0.15) is 0 Å². The minimum Gasteiger partial charge on any atom is -0.325 e. The molecule has 0 aliphatic heterocycles. The van der Waals surface area contributed by atoms with Crippen LogP contribution in [-0.4, -0.2) is 5.54 Å². The van der Waals surface area contributed by atoms with Crippen LogP contribution in [0.25, 0.3) is 0 Å². The summed E-state index contributed by atoms with van der Waals surface area (Å²) in [5.41, 5.74) is 7.08. The fraction of sp³-hybridized carbons (Fsp3) is 1.00. The molecule has 2 N–H and O–H groups in total. The van der Waals surface area contributed by atoms with Gasteiger partial charge in [-0.05, 0) is 19.3 Å². The molecular formula is C26H55N. The summed E-state index contributed by atoms with van der Waals surface area (Å²) in [6, 6.07) is 0. The molecule has 1 nitrogen and oxygen atoms in total. The van der Waals surface area contributed by atoms with E-state index < -0.39 is 0 Å². The largest absolute Gasteiger partial charge is 0.325 e. The second-order valence-electron chi connectivity index (χ2n) is 9.27. The van der Waals surface area contributed by atoms with Crippen molar-refractivity contribution < 1.29 is 0 Å². The lowest BCUT2D eigenvalue weighted by Crippen LogP contribution is -2.39. The van der Waals surface area contributed by atoms with Gasteiger partial charge in [-0.15, -0.1) is 0 Å². The Kier molecular flexibility index (Phi) is 20.7. The van der Waals surface area contributed by atoms with Gasteiger partial charge in [-0.1, -0.05) is 143 Å². The Morgan fingerprint density at radius 1 is 0.370 bits per heavy atom. The van der Waals surface area contributed by atoms with Gasteiger partial charge in [0.15, 0.2) is 0 Å². The quantitative estimate of drug-likeness (QED) is 0.186. The lowest BCUT2D eigenvalue weighted by Gasteiger charge is -2.30. The Bertz CT molecular complexity index is 255. The summed E-state index contributed by atoms with van der Waals surface area (Å²) in [5.74, 6) is 0. The van der Waals surface area contributed by atoms with Crippen LogP contribution in [-0.2, 0) is 0 Å². The smallest absolute Gasteiger partial charge is 0.0154 e. The molecule has 0 aromatic carbocycles. The average Bonchev–Trinajstić information content (AvgIpc) is 2.66. The topological polar surface area (TPSA) is 26.0 Å². The van der Waals surface area contributed by atoms with Crippen LogP contribution in [0.5, 0.6) is 0 Å². The van der Waals surface area contributed by atoms with Crippen LogP contribution in [0.1, 0.15) is 162 Å². The molecule has 164 valence electrons. The first-order valence-corrected chi connectivity index (χ1v) is 13.0. The van der Waals surface area contributed by atoms with Gasteiger partial charge >= 0.3 is 0 Å². The van der Waals surface area contributed by atoms with Crippen molar-refractivity contribution in [1.82, 2.24) is 0 Å². The van der Waals surface area contributed by atoms with E-state index in [0.29, 0.717) is 0 Å². The summed E-state index contributed by atoms with van der Waals surface area (Å²) in [6.45, 7) is 6.90. The monoisotopic (exact) mass is 381 g/mol. The molecule has 0 radical (unpaired) electrons. The normalized spacial score (nSPS) is 12.0.